The van der Waals surface area contributed by atoms with Crippen molar-refractivity contribution in [1.82, 2.24) is 4.90 Å². The van der Waals surface area contributed by atoms with E-state index in [4.69, 9.17) is 14.2 Å². The number of ether oxygens (including phenoxy) is 3. The van der Waals surface area contributed by atoms with E-state index in [0.717, 1.165) is 5.56 Å². The second kappa shape index (κ2) is 6.95. The Hall–Kier alpha value is -3.02. The molecular weight excluding hydrogens is 346 g/mol. The number of carbonyl (C=O) groups is 2. The predicted octanol–water partition coefficient (Wildman–Crippen LogP) is 2.76. The first-order chi connectivity index (χ1) is 13.1. The van der Waals surface area contributed by atoms with Crippen molar-refractivity contribution in [2.24, 2.45) is 0 Å². The molecule has 2 aromatic carbocycles. The molecule has 0 atom stereocenters. The third-order valence-corrected chi connectivity index (χ3v) is 5.27. The van der Waals surface area contributed by atoms with Crippen LogP contribution in [0.25, 0.3) is 0 Å². The Morgan fingerprint density at radius 3 is 2.48 bits per heavy atom. The van der Waals surface area contributed by atoms with E-state index in [1.165, 1.54) is 0 Å². The summed E-state index contributed by atoms with van der Waals surface area (Å²) in [6, 6.07) is 14.7. The Morgan fingerprint density at radius 2 is 1.74 bits per heavy atom. The fraction of sp³-hybridized carbons (Fsp3) is 0.333. The molecule has 1 fully saturated rings. The first kappa shape index (κ1) is 17.4. The van der Waals surface area contributed by atoms with E-state index < -0.39 is 5.60 Å². The number of benzene rings is 2. The number of esters is 1. The summed E-state index contributed by atoms with van der Waals surface area (Å²) in [4.78, 5) is 26.4. The summed E-state index contributed by atoms with van der Waals surface area (Å²) >= 11 is 0. The lowest BCUT2D eigenvalue weighted by molar-refractivity contribution is -0.137. The molecular formula is C21H21NO5. The minimum absolute atomic E-state index is 0.0518. The first-order valence-electron chi connectivity index (χ1n) is 8.99. The van der Waals surface area contributed by atoms with Gasteiger partial charge in [-0.3, -0.25) is 4.79 Å². The van der Waals surface area contributed by atoms with Gasteiger partial charge in [0.2, 0.25) is 0 Å². The van der Waals surface area contributed by atoms with Crippen LogP contribution in [0.2, 0.25) is 0 Å². The van der Waals surface area contributed by atoms with E-state index in [-0.39, 0.29) is 18.5 Å². The van der Waals surface area contributed by atoms with Crippen LogP contribution in [0.1, 0.15) is 28.8 Å². The van der Waals surface area contributed by atoms with Gasteiger partial charge in [-0.25, -0.2) is 4.79 Å². The topological polar surface area (TPSA) is 65.1 Å². The van der Waals surface area contributed by atoms with E-state index in [0.29, 0.717) is 43.0 Å². The quantitative estimate of drug-likeness (QED) is 0.778. The number of hydrogen-bond donors (Lipinski definition) is 0. The Bertz CT molecular complexity index is 870. The lowest BCUT2D eigenvalue weighted by Crippen LogP contribution is -2.46. The fourth-order valence-corrected chi connectivity index (χ4v) is 3.80. The van der Waals surface area contributed by atoms with Gasteiger partial charge in [0.05, 0.1) is 12.7 Å². The number of methoxy groups -OCH3 is 1. The molecule has 0 bridgehead atoms. The van der Waals surface area contributed by atoms with Crippen LogP contribution in [0.4, 0.5) is 0 Å². The van der Waals surface area contributed by atoms with E-state index in [2.05, 4.69) is 0 Å². The van der Waals surface area contributed by atoms with Crippen LogP contribution in [0.3, 0.4) is 0 Å². The average molecular weight is 367 g/mol. The maximum atomic E-state index is 12.5. The molecule has 0 saturated carbocycles. The lowest BCUT2D eigenvalue weighted by atomic mass is 9.84. The third-order valence-electron chi connectivity index (χ3n) is 5.27. The van der Waals surface area contributed by atoms with Crippen LogP contribution < -0.4 is 9.47 Å². The van der Waals surface area contributed by atoms with Gasteiger partial charge in [-0.1, -0.05) is 30.3 Å². The lowest BCUT2D eigenvalue weighted by Gasteiger charge is -2.38. The van der Waals surface area contributed by atoms with Crippen molar-refractivity contribution in [2.45, 2.75) is 18.4 Å². The number of para-hydroxylation sites is 2. The largest absolute Gasteiger partial charge is 0.493 e. The number of fused-ring (bicyclic) bond motifs is 2. The van der Waals surface area contributed by atoms with Crippen molar-refractivity contribution in [3.63, 3.8) is 0 Å². The monoisotopic (exact) mass is 367 g/mol. The summed E-state index contributed by atoms with van der Waals surface area (Å²) in [7, 11) is 1.56. The summed E-state index contributed by atoms with van der Waals surface area (Å²) in [5.74, 6) is 0.774. The third kappa shape index (κ3) is 3.12. The van der Waals surface area contributed by atoms with Crippen LogP contribution in [0.15, 0.2) is 48.5 Å². The van der Waals surface area contributed by atoms with Crippen molar-refractivity contribution in [1.29, 1.82) is 0 Å². The highest BCUT2D eigenvalue weighted by Gasteiger charge is 2.47. The number of hydrogen-bond acceptors (Lipinski definition) is 5. The van der Waals surface area contributed by atoms with E-state index >= 15 is 0 Å². The van der Waals surface area contributed by atoms with Crippen molar-refractivity contribution >= 4 is 11.9 Å². The average Bonchev–Trinajstić information content (AvgIpc) is 2.99. The van der Waals surface area contributed by atoms with Crippen LogP contribution in [0, 0.1) is 0 Å². The van der Waals surface area contributed by atoms with E-state index in [1.54, 1.807) is 30.2 Å². The molecule has 6 heteroatoms. The zero-order valence-corrected chi connectivity index (χ0v) is 15.1. The van der Waals surface area contributed by atoms with Crippen molar-refractivity contribution in [3.8, 4) is 11.5 Å². The second-order valence-electron chi connectivity index (χ2n) is 6.75. The number of rotatable bonds is 4. The minimum Gasteiger partial charge on any atom is -0.493 e. The number of amides is 1. The van der Waals surface area contributed by atoms with Gasteiger partial charge >= 0.3 is 5.97 Å². The molecule has 27 heavy (non-hydrogen) atoms. The molecule has 0 N–H and O–H groups in total. The van der Waals surface area contributed by atoms with Crippen LogP contribution >= 0.6 is 0 Å². The van der Waals surface area contributed by atoms with Gasteiger partial charge in [-0.15, -0.1) is 0 Å². The first-order valence-corrected chi connectivity index (χ1v) is 8.99. The molecule has 2 aliphatic rings. The molecule has 2 aliphatic heterocycles. The SMILES string of the molecule is COc1ccccc1OCC(=O)N1CCC2(CC1)OC(=O)c1ccccc12. The standard InChI is InChI=1S/C21H21NO5/c1-25-17-8-4-5-9-18(17)26-14-19(23)22-12-10-21(11-13-22)16-7-3-2-6-15(16)20(24)27-21/h2-9H,10-14H2,1H3. The Balaban J connectivity index is 1.38. The summed E-state index contributed by atoms with van der Waals surface area (Å²) in [5, 5.41) is 0. The summed E-state index contributed by atoms with van der Waals surface area (Å²) in [6.45, 7) is 0.995. The van der Waals surface area contributed by atoms with Gasteiger partial charge in [-0.2, -0.15) is 0 Å². The molecule has 2 heterocycles. The van der Waals surface area contributed by atoms with Gasteiger partial charge in [0.15, 0.2) is 18.1 Å². The molecule has 140 valence electrons. The van der Waals surface area contributed by atoms with Gasteiger partial charge in [0.1, 0.15) is 5.60 Å². The van der Waals surface area contributed by atoms with E-state index in [9.17, 15) is 9.59 Å². The van der Waals surface area contributed by atoms with Gasteiger partial charge < -0.3 is 19.1 Å². The highest BCUT2D eigenvalue weighted by atomic mass is 16.6. The molecule has 1 amide bonds. The number of piperidine rings is 1. The molecule has 4 rings (SSSR count). The number of likely N-dealkylation sites (tertiary alicyclic amines) is 1. The van der Waals surface area contributed by atoms with Crippen molar-refractivity contribution in [3.05, 3.63) is 59.7 Å². The Labute approximate surface area is 157 Å². The van der Waals surface area contributed by atoms with Gasteiger partial charge in [0.25, 0.3) is 5.91 Å². The maximum Gasteiger partial charge on any atom is 0.339 e. The normalized spacial score (nSPS) is 17.4. The smallest absolute Gasteiger partial charge is 0.339 e. The number of nitrogens with zero attached hydrogens (tertiary/aromatic N) is 1. The van der Waals surface area contributed by atoms with Crippen LogP contribution in [0.5, 0.6) is 11.5 Å². The molecule has 0 radical (unpaired) electrons. The Kier molecular flexibility index (Phi) is 4.48. The zero-order valence-electron chi connectivity index (χ0n) is 15.1. The maximum absolute atomic E-state index is 12.5. The molecule has 6 nitrogen and oxygen atoms in total. The second-order valence-corrected chi connectivity index (χ2v) is 6.75. The Morgan fingerprint density at radius 1 is 1.07 bits per heavy atom. The van der Waals surface area contributed by atoms with E-state index in [1.807, 2.05) is 30.3 Å². The highest BCUT2D eigenvalue weighted by Crippen LogP contribution is 2.43. The molecule has 0 aromatic heterocycles. The molecule has 0 aliphatic carbocycles. The van der Waals surface area contributed by atoms with Crippen LogP contribution in [-0.2, 0) is 15.1 Å². The van der Waals surface area contributed by atoms with Crippen molar-refractivity contribution < 1.29 is 23.8 Å². The molecule has 1 saturated heterocycles. The number of carbonyl (C=O) groups excluding carboxylic acids is 2. The molecule has 0 unspecified atom stereocenters. The summed E-state index contributed by atoms with van der Waals surface area (Å²) < 4.78 is 16.6. The van der Waals surface area contributed by atoms with Gasteiger partial charge in [-0.05, 0) is 18.2 Å². The fourth-order valence-electron chi connectivity index (χ4n) is 3.80. The minimum atomic E-state index is -0.603. The van der Waals surface area contributed by atoms with Crippen LogP contribution in [-0.4, -0.2) is 43.6 Å². The van der Waals surface area contributed by atoms with Crippen molar-refractivity contribution in [2.75, 3.05) is 26.8 Å². The predicted molar refractivity (Wildman–Crippen MR) is 97.8 cm³/mol. The van der Waals surface area contributed by atoms with Gasteiger partial charge in [0, 0.05) is 31.5 Å². The highest BCUT2D eigenvalue weighted by molar-refractivity contribution is 5.94. The zero-order chi connectivity index (χ0) is 18.9. The molecule has 1 spiro atoms. The summed E-state index contributed by atoms with van der Waals surface area (Å²) in [6.07, 6.45) is 1.19. The summed E-state index contributed by atoms with van der Waals surface area (Å²) in [5.41, 5.74) is 0.970. The molecule has 2 aromatic rings.